The van der Waals surface area contributed by atoms with Crippen molar-refractivity contribution in [2.24, 2.45) is 5.73 Å². The maximum Gasteiger partial charge on any atom is 1.00 e. The number of hydrogen-bond acceptors (Lipinski definition) is 29. The van der Waals surface area contributed by atoms with E-state index in [1.807, 2.05) is 41.2 Å². The number of carbonyl (C=O) groups is 2. The maximum atomic E-state index is 12.9. The fraction of sp³-hybridized carbons (Fsp3) is 0.239. The van der Waals surface area contributed by atoms with Gasteiger partial charge in [0.2, 0.25) is 26.4 Å². The minimum atomic E-state index is -3.72. The summed E-state index contributed by atoms with van der Waals surface area (Å²) >= 11 is 66.0. The van der Waals surface area contributed by atoms with Crippen LogP contribution in [0.3, 0.4) is 0 Å². The second-order valence-electron chi connectivity index (χ2n) is 23.0. The number of anilines is 6. The molecule has 2 aliphatic rings. The third-order valence-corrected chi connectivity index (χ3v) is 18.7. The van der Waals surface area contributed by atoms with E-state index in [4.69, 9.17) is 180 Å². The minimum Gasteiger partial charge on any atom is -1.00 e. The Labute approximate surface area is 842 Å². The Bertz CT molecular complexity index is 5590. The van der Waals surface area contributed by atoms with Gasteiger partial charge < -0.3 is 89.0 Å². The van der Waals surface area contributed by atoms with E-state index in [2.05, 4.69) is 115 Å². The van der Waals surface area contributed by atoms with Crippen molar-refractivity contribution in [3.8, 4) is 40.2 Å². The molecule has 55 heteroatoms. The molecule has 678 valence electrons. The van der Waals surface area contributed by atoms with E-state index in [0.717, 1.165) is 43.8 Å². The smallest absolute Gasteiger partial charge is 1.00 e. The number of nitrogen functional groups attached to an aromatic ring is 1. The number of hydrogen-bond donors (Lipinski definition) is 8. The van der Waals surface area contributed by atoms with Gasteiger partial charge in [-0.25, -0.2) is 59.0 Å². The van der Waals surface area contributed by atoms with E-state index in [-0.39, 0.29) is 144 Å². The third-order valence-electron chi connectivity index (χ3n) is 15.0. The number of nitrogens with zero attached hydrogens (tertiary/aromatic N) is 14. The van der Waals surface area contributed by atoms with Crippen LogP contribution in [-0.4, -0.2) is 166 Å². The van der Waals surface area contributed by atoms with Crippen molar-refractivity contribution in [1.82, 2.24) is 69.8 Å². The second-order valence-corrected chi connectivity index (χ2v) is 31.2. The number of aliphatic hydroxyl groups excluding tert-OH is 1. The molecule has 0 aliphatic carbocycles. The van der Waals surface area contributed by atoms with Gasteiger partial charge in [0.15, 0.2) is 0 Å². The molecular weight excluding hydrogens is 2210 g/mol. The van der Waals surface area contributed by atoms with Gasteiger partial charge in [-0.2, -0.15) is 18.4 Å². The largest absolute Gasteiger partial charge is 1.00 e. The van der Waals surface area contributed by atoms with Crippen LogP contribution in [0.15, 0.2) is 129 Å². The molecule has 126 heavy (non-hydrogen) atoms. The van der Waals surface area contributed by atoms with E-state index in [1.54, 1.807) is 116 Å². The Morgan fingerprint density at radius 2 is 0.929 bits per heavy atom. The SMILES string of the molecule is CN.COc1cc(C)cc(N)c1.COc1cc(NCc2cnc(Cl)nc2Cl)cc(OC)c1.COc1cc(OC)c(Cl)c(N2Cc3cnc(Cl)nc3N(C)C2=O)c1Cl.COc1cc(OC)cc(N2Cc3cnc(Cl)nc3N(C)C2=O)c1.Cl.ClCc1cnc(Cl)nc1Cl.Clc1ncc(CI)c(Cl)n1.O=S(=O)(Cl)Cl.O=c1[nH]cc(CO)c(=O)[nH]1.O=c1cc[nH]c(=O)[nH]1.[I-].[Na+]. The van der Waals surface area contributed by atoms with Gasteiger partial charge >= 0.3 is 61.3 Å². The number of aryl methyl sites for hydroxylation is 1. The van der Waals surface area contributed by atoms with Crippen molar-refractivity contribution in [1.29, 1.82) is 0 Å². The maximum absolute atomic E-state index is 12.9. The molecule has 0 spiro atoms. The minimum absolute atomic E-state index is 0. The molecule has 37 nitrogen and oxygen atoms in total. The Morgan fingerprint density at radius 1 is 0.532 bits per heavy atom. The van der Waals surface area contributed by atoms with Gasteiger partial charge in [0, 0.05) is 184 Å². The first-order valence-corrected chi connectivity index (χ1v) is 42.6. The summed E-state index contributed by atoms with van der Waals surface area (Å²) in [6.07, 6.45) is 10.4. The van der Waals surface area contributed by atoms with Crippen molar-refractivity contribution in [3.63, 3.8) is 0 Å². The molecule has 4 aromatic carbocycles. The van der Waals surface area contributed by atoms with E-state index in [0.29, 0.717) is 97.4 Å². The number of aliphatic hydroxyl groups is 1. The zero-order chi connectivity index (χ0) is 92.1. The van der Waals surface area contributed by atoms with Crippen LogP contribution in [0.2, 0.25) is 51.9 Å². The number of halogens is 16. The number of urea groups is 2. The summed E-state index contributed by atoms with van der Waals surface area (Å²) in [5, 5.41) is 13.8. The molecule has 0 atom stereocenters. The summed E-state index contributed by atoms with van der Waals surface area (Å²) in [4.78, 5) is 120. The number of nitrogens with two attached hydrogens (primary N) is 2. The number of nitrogens with one attached hydrogen (secondary N) is 5. The average Bonchev–Trinajstić information content (AvgIpc) is 0.756. The number of fused-ring (bicyclic) bond motifs is 2. The molecule has 2 aliphatic heterocycles. The quantitative estimate of drug-likeness (QED) is 0.00900. The number of aromatic nitrogens is 14. The number of ether oxygens (including phenoxy) is 7. The molecular formula is C71H74Cl14I2N21NaO16S. The Balaban J connectivity index is 0.000000732. The molecule has 10 N–H and O–H groups in total. The molecule has 0 bridgehead atoms. The zero-order valence-electron chi connectivity index (χ0n) is 67.6. The first-order valence-electron chi connectivity index (χ1n) is 33.7. The molecule has 13 rings (SSSR count). The fourth-order valence-electron chi connectivity index (χ4n) is 9.35. The number of rotatable bonds is 15. The van der Waals surface area contributed by atoms with Crippen molar-refractivity contribution >= 4 is 239 Å². The molecule has 0 saturated heterocycles. The predicted molar refractivity (Wildman–Crippen MR) is 495 cm³/mol. The van der Waals surface area contributed by atoms with Crippen molar-refractivity contribution in [2.75, 3.05) is 102 Å². The topological polar surface area (TPSA) is 490 Å². The van der Waals surface area contributed by atoms with E-state index in [1.165, 1.54) is 60.6 Å². The summed E-state index contributed by atoms with van der Waals surface area (Å²) < 4.78 is 55.6. The van der Waals surface area contributed by atoms with Gasteiger partial charge in [0.05, 0.1) is 92.3 Å². The Kier molecular flexibility index (Phi) is 54.8. The molecule has 9 heterocycles. The summed E-state index contributed by atoms with van der Waals surface area (Å²) in [7, 11) is 20.4. The number of amides is 4. The molecule has 0 saturated carbocycles. The standard InChI is InChI=1S/C15H13Cl3N4O3.C15H15ClN4O3.C13H13Cl2N3O2.C8H11NO.C5H3Cl3N2.C5H3Cl2IN2.C5H6N2O3.C4H4N2O2.CH5N.Cl2O2S.ClH.HI.Na/c1-21-13-7(5-19-14(18)20-13)6-22(15(21)23)12-10(16)8(24-2)4-9(25-3)11(12)17;1-19-13-9(7-17-14(16)18-13)8-20(15(19)21)10-4-11(22-2)6-12(5-10)23-3;1-19-10-3-9(4-11(5-10)20-2)16-6-8-7-17-13(15)18-12(8)14;1-6-3-7(9)5-8(4-6)10-2;6-1-3-2-9-5(8)10-4(3)7;6-4-3(1-8)2-9-5(7)10-4;8-2-3-1-6-5(10)7-4(3)9;7-3-1-2-5-4(8)6-3;1-2;1-5(2,3)4;;;/h4-5H,6H2,1-3H3;4-7H,8H2,1-3H3;3-5,7,16H,6H2,1-2H3;3-5H,9H2,1-2H3;2*2H,1H2;1,8H,2H2,(H2,6,7,9,10);1-2H,(H2,5,6,7,8);2H2,1H3;;2*1H;/q;;;;;;;;;;;;+1/p-1. The summed E-state index contributed by atoms with van der Waals surface area (Å²) in [5.74, 6) is 5.35. The van der Waals surface area contributed by atoms with Crippen LogP contribution in [0.25, 0.3) is 0 Å². The normalized spacial score (nSPS) is 11.0. The molecule has 0 unspecified atom stereocenters. The predicted octanol–water partition coefficient (Wildman–Crippen LogP) is 9.33. The van der Waals surface area contributed by atoms with Crippen molar-refractivity contribution in [2.45, 2.75) is 43.5 Å². The number of carbonyl (C=O) groups excluding carboxylic acids is 2. The van der Waals surface area contributed by atoms with E-state index < -0.39 is 25.2 Å². The van der Waals surface area contributed by atoms with Crippen LogP contribution < -0.4 is 146 Å². The number of aromatic amines is 4. The van der Waals surface area contributed by atoms with Crippen molar-refractivity contribution in [3.05, 3.63) is 243 Å². The number of benzene rings is 4. The van der Waals surface area contributed by atoms with Crippen molar-refractivity contribution < 1.29 is 110 Å². The monoisotopic (exact) mass is 2270 g/mol. The number of methoxy groups -OCH3 is 7. The summed E-state index contributed by atoms with van der Waals surface area (Å²) in [6, 6.07) is 18.6. The van der Waals surface area contributed by atoms with Gasteiger partial charge in [0.25, 0.3) is 11.1 Å². The van der Waals surface area contributed by atoms with Gasteiger partial charge in [-0.15, -0.1) is 24.0 Å². The van der Waals surface area contributed by atoms with Gasteiger partial charge in [0.1, 0.15) is 77.4 Å². The van der Waals surface area contributed by atoms with Crippen LogP contribution in [0, 0.1) is 6.92 Å². The fourth-order valence-corrected chi connectivity index (χ4v) is 12.5. The molecule has 7 aromatic heterocycles. The molecule has 11 aromatic rings. The van der Waals surface area contributed by atoms with Crippen LogP contribution in [0.1, 0.15) is 38.9 Å². The first kappa shape index (κ1) is 117. The van der Waals surface area contributed by atoms with Gasteiger partial charge in [-0.05, 0) is 89.7 Å². The Morgan fingerprint density at radius 3 is 1.31 bits per heavy atom. The first-order chi connectivity index (χ1) is 58.2. The molecule has 0 fully saturated rings. The van der Waals surface area contributed by atoms with E-state index >= 15 is 0 Å². The van der Waals surface area contributed by atoms with Gasteiger partial charge in [-0.1, -0.05) is 80.6 Å². The summed E-state index contributed by atoms with van der Waals surface area (Å²) in [5.41, 5.74) is 15.7. The van der Waals surface area contributed by atoms with Gasteiger partial charge in [-0.3, -0.25) is 39.2 Å². The van der Waals surface area contributed by atoms with Crippen LogP contribution >= 0.6 is 184 Å². The molecule has 4 amide bonds. The van der Waals surface area contributed by atoms with Crippen LogP contribution in [0.5, 0.6) is 40.2 Å². The molecule has 0 radical (unpaired) electrons. The summed E-state index contributed by atoms with van der Waals surface area (Å²) in [6.45, 7) is 2.59. The number of H-pyrrole nitrogens is 4. The Hall–Kier alpha value is -7.23. The third kappa shape index (κ3) is 38.4. The number of alkyl halides is 2. The van der Waals surface area contributed by atoms with Crippen LogP contribution in [-0.2, 0) is 44.8 Å². The van der Waals surface area contributed by atoms with E-state index in [9.17, 15) is 28.8 Å². The second kappa shape index (κ2) is 59.1. The average molecular weight is 2280 g/mol. The zero-order valence-corrected chi connectivity index (χ0v) is 85.4. The van der Waals surface area contributed by atoms with Crippen LogP contribution in [0.4, 0.5) is 44.0 Å².